The van der Waals surface area contributed by atoms with E-state index in [0.717, 1.165) is 0 Å². The van der Waals surface area contributed by atoms with Gasteiger partial charge in [-0.1, -0.05) is 0 Å². The van der Waals surface area contributed by atoms with E-state index in [1.807, 2.05) is 4.90 Å². The fourth-order valence-electron chi connectivity index (χ4n) is 1.78. The van der Waals surface area contributed by atoms with Crippen molar-refractivity contribution >= 4 is 37.1 Å². The van der Waals surface area contributed by atoms with Crippen LogP contribution in [0.25, 0.3) is 0 Å². The first-order chi connectivity index (χ1) is 7.89. The van der Waals surface area contributed by atoms with Crippen LogP contribution in [0.15, 0.2) is 16.6 Å². The summed E-state index contributed by atoms with van der Waals surface area (Å²) in [6, 6.07) is 2.82. The molecule has 1 aliphatic rings. The van der Waals surface area contributed by atoms with Crippen LogP contribution in [0.1, 0.15) is 0 Å². The lowest BCUT2D eigenvalue weighted by molar-refractivity contribution is 0.586. The van der Waals surface area contributed by atoms with Crippen molar-refractivity contribution in [2.75, 3.05) is 35.2 Å². The molecule has 2 N–H and O–H groups in total. The first-order valence-electron chi connectivity index (χ1n) is 5.09. The lowest BCUT2D eigenvalue weighted by Gasteiger charge is -2.29. The number of benzene rings is 1. The van der Waals surface area contributed by atoms with Crippen molar-refractivity contribution in [2.45, 2.75) is 0 Å². The number of halogens is 2. The van der Waals surface area contributed by atoms with Crippen LogP contribution < -0.4 is 10.6 Å². The van der Waals surface area contributed by atoms with E-state index in [4.69, 9.17) is 5.73 Å². The van der Waals surface area contributed by atoms with Crippen LogP contribution in [0, 0.1) is 5.82 Å². The molecule has 0 saturated carbocycles. The fraction of sp³-hybridized carbons (Fsp3) is 0.400. The highest BCUT2D eigenvalue weighted by atomic mass is 79.9. The van der Waals surface area contributed by atoms with Gasteiger partial charge in [-0.3, -0.25) is 0 Å². The monoisotopic (exact) mass is 322 g/mol. The fourth-order valence-corrected chi connectivity index (χ4v) is 3.31. The highest BCUT2D eigenvalue weighted by Gasteiger charge is 2.23. The number of hydrogen-bond donors (Lipinski definition) is 1. The molecule has 94 valence electrons. The third kappa shape index (κ3) is 2.71. The van der Waals surface area contributed by atoms with E-state index in [9.17, 15) is 12.8 Å². The third-order valence-electron chi connectivity index (χ3n) is 2.75. The summed E-state index contributed by atoms with van der Waals surface area (Å²) >= 11 is 3.09. The molecular formula is C10H12BrFN2O2S. The quantitative estimate of drug-likeness (QED) is 0.794. The molecule has 1 saturated heterocycles. The normalized spacial score (nSPS) is 19.3. The molecule has 0 radical (unpaired) electrons. The van der Waals surface area contributed by atoms with Crippen molar-refractivity contribution in [3.05, 3.63) is 22.4 Å². The lowest BCUT2D eigenvalue weighted by Crippen LogP contribution is -2.40. The average Bonchev–Trinajstić information content (AvgIpc) is 2.24. The summed E-state index contributed by atoms with van der Waals surface area (Å²) in [7, 11) is -2.92. The number of nitrogens with two attached hydrogens (primary N) is 1. The summed E-state index contributed by atoms with van der Waals surface area (Å²) in [6.07, 6.45) is 0. The molecular weight excluding hydrogens is 311 g/mol. The SMILES string of the molecule is Nc1cc(F)c(Br)cc1N1CCS(=O)(=O)CC1. The van der Waals surface area contributed by atoms with Gasteiger partial charge >= 0.3 is 0 Å². The van der Waals surface area contributed by atoms with E-state index in [1.165, 1.54) is 6.07 Å². The van der Waals surface area contributed by atoms with Crippen LogP contribution in [-0.2, 0) is 9.84 Å². The largest absolute Gasteiger partial charge is 0.397 e. The summed E-state index contributed by atoms with van der Waals surface area (Å²) in [5.41, 5.74) is 6.74. The maximum atomic E-state index is 13.2. The Labute approximate surface area is 108 Å². The van der Waals surface area contributed by atoms with Gasteiger partial charge in [-0.15, -0.1) is 0 Å². The predicted octanol–water partition coefficient (Wildman–Crippen LogP) is 1.41. The second-order valence-electron chi connectivity index (χ2n) is 3.96. The maximum absolute atomic E-state index is 13.2. The van der Waals surface area contributed by atoms with Crippen molar-refractivity contribution < 1.29 is 12.8 Å². The molecule has 0 unspecified atom stereocenters. The van der Waals surface area contributed by atoms with Crippen molar-refractivity contribution in [1.29, 1.82) is 0 Å². The average molecular weight is 323 g/mol. The summed E-state index contributed by atoms with van der Waals surface area (Å²) in [4.78, 5) is 1.86. The van der Waals surface area contributed by atoms with Gasteiger partial charge in [0.25, 0.3) is 0 Å². The first kappa shape index (κ1) is 12.6. The summed E-state index contributed by atoms with van der Waals surface area (Å²) < 4.78 is 36.1. The van der Waals surface area contributed by atoms with Crippen LogP contribution in [0.3, 0.4) is 0 Å². The molecule has 1 fully saturated rings. The number of anilines is 2. The van der Waals surface area contributed by atoms with E-state index in [1.54, 1.807) is 6.07 Å². The van der Waals surface area contributed by atoms with Gasteiger partial charge in [0.1, 0.15) is 5.82 Å². The Morgan fingerprint density at radius 1 is 1.29 bits per heavy atom. The molecule has 7 heteroatoms. The number of nitrogen functional groups attached to an aromatic ring is 1. The highest BCUT2D eigenvalue weighted by Crippen LogP contribution is 2.30. The van der Waals surface area contributed by atoms with Crippen molar-refractivity contribution in [3.63, 3.8) is 0 Å². The Hall–Kier alpha value is -0.820. The Balaban J connectivity index is 2.27. The van der Waals surface area contributed by atoms with Crippen molar-refractivity contribution in [1.82, 2.24) is 0 Å². The smallest absolute Gasteiger partial charge is 0.153 e. The molecule has 0 spiro atoms. The minimum Gasteiger partial charge on any atom is -0.397 e. The Morgan fingerprint density at radius 2 is 1.88 bits per heavy atom. The van der Waals surface area contributed by atoms with Gasteiger partial charge in [0.05, 0.1) is 27.4 Å². The first-order valence-corrected chi connectivity index (χ1v) is 7.70. The van der Waals surface area contributed by atoms with E-state index < -0.39 is 15.7 Å². The highest BCUT2D eigenvalue weighted by molar-refractivity contribution is 9.10. The lowest BCUT2D eigenvalue weighted by atomic mass is 10.2. The number of hydrogen-bond acceptors (Lipinski definition) is 4. The zero-order chi connectivity index (χ0) is 12.6. The second kappa shape index (κ2) is 4.45. The number of sulfone groups is 1. The van der Waals surface area contributed by atoms with E-state index >= 15 is 0 Å². The molecule has 0 aromatic heterocycles. The van der Waals surface area contributed by atoms with Gasteiger partial charge in [-0.2, -0.15) is 0 Å². The topological polar surface area (TPSA) is 63.4 Å². The van der Waals surface area contributed by atoms with Crippen LogP contribution >= 0.6 is 15.9 Å². The van der Waals surface area contributed by atoms with Crippen molar-refractivity contribution in [2.24, 2.45) is 0 Å². The van der Waals surface area contributed by atoms with Gasteiger partial charge in [0.15, 0.2) is 9.84 Å². The standard InChI is InChI=1S/C10H12BrFN2O2S/c11-7-5-10(9(13)6-8(7)12)14-1-3-17(15,16)4-2-14/h5-6H,1-4,13H2. The minimum absolute atomic E-state index is 0.113. The molecule has 0 bridgehead atoms. The Kier molecular flexibility index (Phi) is 3.31. The molecule has 0 atom stereocenters. The third-order valence-corrected chi connectivity index (χ3v) is 4.97. The van der Waals surface area contributed by atoms with Gasteiger partial charge < -0.3 is 10.6 Å². The molecule has 1 heterocycles. The maximum Gasteiger partial charge on any atom is 0.153 e. The molecule has 4 nitrogen and oxygen atoms in total. The molecule has 0 aliphatic carbocycles. The van der Waals surface area contributed by atoms with E-state index in [0.29, 0.717) is 28.9 Å². The van der Waals surface area contributed by atoms with Gasteiger partial charge in [0.2, 0.25) is 0 Å². The summed E-state index contributed by atoms with van der Waals surface area (Å²) in [6.45, 7) is 0.787. The Morgan fingerprint density at radius 3 is 2.47 bits per heavy atom. The summed E-state index contributed by atoms with van der Waals surface area (Å²) in [5.74, 6) is -0.195. The molecule has 2 rings (SSSR count). The van der Waals surface area contributed by atoms with Crippen LogP contribution in [-0.4, -0.2) is 33.0 Å². The zero-order valence-electron chi connectivity index (χ0n) is 8.99. The molecule has 17 heavy (non-hydrogen) atoms. The van der Waals surface area contributed by atoms with Crippen LogP contribution in [0.4, 0.5) is 15.8 Å². The van der Waals surface area contributed by atoms with Crippen LogP contribution in [0.5, 0.6) is 0 Å². The number of nitrogens with zero attached hydrogens (tertiary/aromatic N) is 1. The van der Waals surface area contributed by atoms with E-state index in [-0.39, 0.29) is 11.5 Å². The van der Waals surface area contributed by atoms with Gasteiger partial charge in [-0.05, 0) is 22.0 Å². The predicted molar refractivity (Wildman–Crippen MR) is 69.4 cm³/mol. The molecule has 1 aliphatic heterocycles. The Bertz CT molecular complexity index is 533. The van der Waals surface area contributed by atoms with Gasteiger partial charge in [-0.25, -0.2) is 12.8 Å². The molecule has 1 aromatic rings. The van der Waals surface area contributed by atoms with Crippen LogP contribution in [0.2, 0.25) is 0 Å². The van der Waals surface area contributed by atoms with Gasteiger partial charge in [0, 0.05) is 19.2 Å². The number of rotatable bonds is 1. The zero-order valence-corrected chi connectivity index (χ0v) is 11.4. The molecule has 1 aromatic carbocycles. The minimum atomic E-state index is -2.92. The van der Waals surface area contributed by atoms with E-state index in [2.05, 4.69) is 15.9 Å². The summed E-state index contributed by atoms with van der Waals surface area (Å²) in [5, 5.41) is 0. The second-order valence-corrected chi connectivity index (χ2v) is 7.12. The molecule has 0 amide bonds. The van der Waals surface area contributed by atoms with Crippen molar-refractivity contribution in [3.8, 4) is 0 Å².